The molecule has 0 saturated heterocycles. The first kappa shape index (κ1) is 15.6. The lowest BCUT2D eigenvalue weighted by atomic mass is 10.1. The average Bonchev–Trinajstić information content (AvgIpc) is 2.58. The van der Waals surface area contributed by atoms with Crippen molar-refractivity contribution >= 4 is 12.0 Å². The molecule has 0 fully saturated rings. The minimum Gasteiger partial charge on any atom is -0.504 e. The zero-order valence-electron chi connectivity index (χ0n) is 12.6. The second kappa shape index (κ2) is 7.88. The van der Waals surface area contributed by atoms with Crippen LogP contribution in [0.25, 0.3) is 6.08 Å². The van der Waals surface area contributed by atoms with Gasteiger partial charge in [-0.05, 0) is 35.4 Å². The highest BCUT2D eigenvalue weighted by Crippen LogP contribution is 2.20. The van der Waals surface area contributed by atoms with E-state index >= 15 is 0 Å². The predicted octanol–water partition coefficient (Wildman–Crippen LogP) is 3.67. The van der Waals surface area contributed by atoms with Crippen LogP contribution < -0.4 is 4.74 Å². The Kier molecular flexibility index (Phi) is 5.60. The largest absolute Gasteiger partial charge is 0.504 e. The highest BCUT2D eigenvalue weighted by molar-refractivity contribution is 5.90. The summed E-state index contributed by atoms with van der Waals surface area (Å²) in [6.45, 7) is 0.429. The van der Waals surface area contributed by atoms with E-state index in [1.807, 2.05) is 36.4 Å². The van der Waals surface area contributed by atoms with Crippen LogP contribution in [0.3, 0.4) is 0 Å². The number of esters is 1. The van der Waals surface area contributed by atoms with E-state index in [1.165, 1.54) is 13.4 Å². The Morgan fingerprint density at radius 2 is 1.86 bits per heavy atom. The number of carbonyl (C=O) groups excluding carboxylic acids is 1. The molecule has 0 saturated carbocycles. The molecule has 2 rings (SSSR count). The molecule has 0 unspecified atom stereocenters. The Hall–Kier alpha value is -2.75. The number of hydrogen-bond donors (Lipinski definition) is 0. The van der Waals surface area contributed by atoms with E-state index in [9.17, 15) is 4.79 Å². The minimum atomic E-state index is -0.405. The maximum atomic E-state index is 11.7. The molecule has 0 spiro atoms. The fourth-order valence-electron chi connectivity index (χ4n) is 1.92. The van der Waals surface area contributed by atoms with Crippen molar-refractivity contribution in [2.75, 3.05) is 14.2 Å². The molecule has 0 amide bonds. The summed E-state index contributed by atoms with van der Waals surface area (Å²) < 4.78 is 15.4. The molecule has 0 aromatic heterocycles. The first-order valence-corrected chi connectivity index (χ1v) is 6.82. The van der Waals surface area contributed by atoms with E-state index in [-0.39, 0.29) is 0 Å². The average molecular weight is 298 g/mol. The van der Waals surface area contributed by atoms with E-state index in [1.54, 1.807) is 25.3 Å². The van der Waals surface area contributed by atoms with E-state index in [0.29, 0.717) is 17.9 Å². The normalized spacial score (nSPS) is 10.5. The Morgan fingerprint density at radius 1 is 1.09 bits per heavy atom. The predicted molar refractivity (Wildman–Crippen MR) is 84.6 cm³/mol. The van der Waals surface area contributed by atoms with E-state index in [0.717, 1.165) is 11.1 Å². The van der Waals surface area contributed by atoms with Gasteiger partial charge < -0.3 is 14.2 Å². The fourth-order valence-corrected chi connectivity index (χ4v) is 1.92. The third-order valence-corrected chi connectivity index (χ3v) is 2.99. The summed E-state index contributed by atoms with van der Waals surface area (Å²) in [6, 6.07) is 15.0. The second-order valence-corrected chi connectivity index (χ2v) is 4.60. The van der Waals surface area contributed by atoms with Crippen LogP contribution in [-0.2, 0) is 16.1 Å². The Bertz CT molecular complexity index is 647. The van der Waals surface area contributed by atoms with Crippen molar-refractivity contribution in [2.24, 2.45) is 0 Å². The van der Waals surface area contributed by atoms with Crippen LogP contribution in [0, 0.1) is 0 Å². The molecule has 0 aliphatic carbocycles. The van der Waals surface area contributed by atoms with Crippen LogP contribution in [-0.4, -0.2) is 20.2 Å². The summed E-state index contributed by atoms with van der Waals surface area (Å²) in [4.78, 5) is 11.7. The second-order valence-electron chi connectivity index (χ2n) is 4.60. The van der Waals surface area contributed by atoms with Gasteiger partial charge in [-0.25, -0.2) is 4.79 Å². The van der Waals surface area contributed by atoms with Gasteiger partial charge in [-0.15, -0.1) is 0 Å². The van der Waals surface area contributed by atoms with Crippen LogP contribution in [0.5, 0.6) is 5.75 Å². The highest BCUT2D eigenvalue weighted by atomic mass is 16.5. The van der Waals surface area contributed by atoms with Gasteiger partial charge in [-0.2, -0.15) is 0 Å². The lowest BCUT2D eigenvalue weighted by Gasteiger charge is -2.09. The molecule has 0 aliphatic rings. The molecule has 2 aromatic carbocycles. The Labute approximate surface area is 129 Å². The number of rotatable bonds is 6. The van der Waals surface area contributed by atoms with Crippen LogP contribution >= 0.6 is 0 Å². The van der Waals surface area contributed by atoms with Gasteiger partial charge in [0.15, 0.2) is 0 Å². The maximum Gasteiger partial charge on any atom is 0.338 e. The number of benzene rings is 2. The molecule has 4 nitrogen and oxygen atoms in total. The van der Waals surface area contributed by atoms with Crippen molar-refractivity contribution in [3.63, 3.8) is 0 Å². The summed E-state index contributed by atoms with van der Waals surface area (Å²) in [5.41, 5.74) is 2.29. The monoisotopic (exact) mass is 298 g/mol. The van der Waals surface area contributed by atoms with Crippen LogP contribution in [0.1, 0.15) is 21.5 Å². The molecule has 0 heterocycles. The zero-order valence-corrected chi connectivity index (χ0v) is 12.6. The van der Waals surface area contributed by atoms with Gasteiger partial charge in [0.05, 0.1) is 26.0 Å². The molecule has 0 N–H and O–H groups in total. The maximum absolute atomic E-state index is 11.7. The van der Waals surface area contributed by atoms with E-state index in [4.69, 9.17) is 14.2 Å². The number of carbonyl (C=O) groups is 1. The van der Waals surface area contributed by atoms with Gasteiger partial charge >= 0.3 is 5.97 Å². The summed E-state index contributed by atoms with van der Waals surface area (Å²) in [7, 11) is 2.91. The summed E-state index contributed by atoms with van der Waals surface area (Å²) in [5.74, 6) is 0.194. The minimum absolute atomic E-state index is 0.405. The third kappa shape index (κ3) is 4.38. The van der Waals surface area contributed by atoms with Crippen molar-refractivity contribution in [1.82, 2.24) is 0 Å². The Balaban J connectivity index is 2.21. The van der Waals surface area contributed by atoms with Gasteiger partial charge in [0.2, 0.25) is 0 Å². The zero-order chi connectivity index (χ0) is 15.8. The Morgan fingerprint density at radius 3 is 2.55 bits per heavy atom. The van der Waals surface area contributed by atoms with Crippen molar-refractivity contribution in [3.05, 3.63) is 71.5 Å². The molecule has 0 aliphatic heterocycles. The van der Waals surface area contributed by atoms with Crippen molar-refractivity contribution in [3.8, 4) is 5.75 Å². The highest BCUT2D eigenvalue weighted by Gasteiger charge is 2.09. The summed E-state index contributed by atoms with van der Waals surface area (Å²) in [6.07, 6.45) is 3.29. The molecule has 4 heteroatoms. The van der Waals surface area contributed by atoms with Crippen LogP contribution in [0.2, 0.25) is 0 Å². The molecular weight excluding hydrogens is 280 g/mol. The number of ether oxygens (including phenoxy) is 3. The van der Waals surface area contributed by atoms with Crippen molar-refractivity contribution in [2.45, 2.75) is 6.61 Å². The van der Waals surface area contributed by atoms with Crippen molar-refractivity contribution < 1.29 is 19.0 Å². The molecule has 22 heavy (non-hydrogen) atoms. The molecular formula is C18H18O4. The number of methoxy groups -OCH3 is 2. The topological polar surface area (TPSA) is 44.8 Å². The number of hydrogen-bond acceptors (Lipinski definition) is 4. The first-order chi connectivity index (χ1) is 10.7. The van der Waals surface area contributed by atoms with Crippen LogP contribution in [0.15, 0.2) is 54.8 Å². The smallest absolute Gasteiger partial charge is 0.338 e. The molecule has 0 radical (unpaired) electrons. The van der Waals surface area contributed by atoms with Gasteiger partial charge in [0.25, 0.3) is 0 Å². The molecule has 0 atom stereocenters. The summed E-state index contributed by atoms with van der Waals surface area (Å²) in [5, 5.41) is 0. The third-order valence-electron chi connectivity index (χ3n) is 2.99. The lowest BCUT2D eigenvalue weighted by Crippen LogP contribution is -2.03. The van der Waals surface area contributed by atoms with Crippen molar-refractivity contribution in [1.29, 1.82) is 0 Å². The van der Waals surface area contributed by atoms with Gasteiger partial charge in [0.1, 0.15) is 12.4 Å². The van der Waals surface area contributed by atoms with Crippen LogP contribution in [0.4, 0.5) is 0 Å². The first-order valence-electron chi connectivity index (χ1n) is 6.82. The molecule has 0 bridgehead atoms. The quantitative estimate of drug-likeness (QED) is 0.603. The van der Waals surface area contributed by atoms with Gasteiger partial charge in [-0.3, -0.25) is 0 Å². The van der Waals surface area contributed by atoms with Gasteiger partial charge in [-0.1, -0.05) is 30.3 Å². The van der Waals surface area contributed by atoms with Gasteiger partial charge in [0, 0.05) is 0 Å². The SMILES string of the molecule is COC=Cc1cc(OCc2ccccc2)cc(C(=O)OC)c1. The van der Waals surface area contributed by atoms with E-state index < -0.39 is 5.97 Å². The summed E-state index contributed by atoms with van der Waals surface area (Å²) >= 11 is 0. The fraction of sp³-hybridized carbons (Fsp3) is 0.167. The molecule has 114 valence electrons. The van der Waals surface area contributed by atoms with E-state index in [2.05, 4.69) is 0 Å². The molecule has 2 aromatic rings. The lowest BCUT2D eigenvalue weighted by molar-refractivity contribution is 0.0600. The standard InChI is InChI=1S/C18H18O4/c1-20-9-8-15-10-16(18(19)21-2)12-17(11-15)22-13-14-6-4-3-5-7-14/h3-12H,13H2,1-2H3.